The Labute approximate surface area is 122 Å². The van der Waals surface area contributed by atoms with Gasteiger partial charge in [-0.2, -0.15) is 0 Å². The Morgan fingerprint density at radius 2 is 2.15 bits per heavy atom. The van der Waals surface area contributed by atoms with Gasteiger partial charge in [0.05, 0.1) is 6.54 Å². The average molecular weight is 294 g/mol. The summed E-state index contributed by atoms with van der Waals surface area (Å²) >= 11 is 6.13. The molecular weight excluding hydrogens is 278 g/mol. The molecule has 0 bridgehead atoms. The molecule has 106 valence electrons. The molecule has 2 aromatic rings. The predicted octanol–water partition coefficient (Wildman–Crippen LogP) is 3.79. The number of benzene rings is 1. The molecule has 0 amide bonds. The van der Waals surface area contributed by atoms with Crippen LogP contribution in [0.25, 0.3) is 0 Å². The molecule has 5 heteroatoms. The highest BCUT2D eigenvalue weighted by atomic mass is 35.5. The molecule has 20 heavy (non-hydrogen) atoms. The normalized spacial score (nSPS) is 12.3. The number of hydrogen-bond acceptors (Lipinski definition) is 3. The van der Waals surface area contributed by atoms with Crippen LogP contribution < -0.4 is 5.32 Å². The summed E-state index contributed by atoms with van der Waals surface area (Å²) in [6.07, 6.45) is 0. The molecule has 0 radical (unpaired) electrons. The Balaban J connectivity index is 2.04. The van der Waals surface area contributed by atoms with Gasteiger partial charge >= 0.3 is 5.97 Å². The van der Waals surface area contributed by atoms with Gasteiger partial charge in [0.15, 0.2) is 0 Å². The minimum absolute atomic E-state index is 0.0439. The number of aryl methyl sites for hydroxylation is 1. The molecule has 2 rings (SSSR count). The van der Waals surface area contributed by atoms with Crippen molar-refractivity contribution in [2.75, 3.05) is 0 Å². The van der Waals surface area contributed by atoms with Gasteiger partial charge in [0.25, 0.3) is 0 Å². The highest BCUT2D eigenvalue weighted by molar-refractivity contribution is 6.31. The fourth-order valence-corrected chi connectivity index (χ4v) is 2.33. The number of hydrogen-bond donors (Lipinski definition) is 2. The molecule has 1 heterocycles. The SMILES string of the molecule is Cc1oc(CNC(C)c2ccccc2Cl)cc1C(=O)O. The summed E-state index contributed by atoms with van der Waals surface area (Å²) in [6, 6.07) is 9.20. The Hall–Kier alpha value is -1.78. The summed E-state index contributed by atoms with van der Waals surface area (Å²) in [5, 5.41) is 12.9. The van der Waals surface area contributed by atoms with Crippen LogP contribution in [0.1, 0.15) is 40.4 Å². The zero-order valence-electron chi connectivity index (χ0n) is 11.3. The molecule has 1 unspecified atom stereocenters. The Kier molecular flexibility index (Phi) is 4.47. The number of nitrogens with one attached hydrogen (secondary N) is 1. The van der Waals surface area contributed by atoms with Crippen molar-refractivity contribution in [1.29, 1.82) is 0 Å². The first kappa shape index (κ1) is 14.6. The number of carbonyl (C=O) groups is 1. The first-order valence-electron chi connectivity index (χ1n) is 6.29. The third-order valence-corrected chi connectivity index (χ3v) is 3.50. The van der Waals surface area contributed by atoms with Crippen molar-refractivity contribution in [2.24, 2.45) is 0 Å². The van der Waals surface area contributed by atoms with E-state index < -0.39 is 5.97 Å². The van der Waals surface area contributed by atoms with Crippen molar-refractivity contribution in [3.8, 4) is 0 Å². The van der Waals surface area contributed by atoms with E-state index in [9.17, 15) is 4.79 Å². The molecule has 0 aliphatic rings. The van der Waals surface area contributed by atoms with E-state index in [2.05, 4.69) is 5.32 Å². The maximum absolute atomic E-state index is 10.9. The number of furan rings is 1. The average Bonchev–Trinajstić information content (AvgIpc) is 2.78. The standard InChI is InChI=1S/C15H16ClNO3/c1-9(12-5-3-4-6-14(12)16)17-8-11-7-13(15(18)19)10(2)20-11/h3-7,9,17H,8H2,1-2H3,(H,18,19). The van der Waals surface area contributed by atoms with Gasteiger partial charge in [-0.3, -0.25) is 0 Å². The van der Waals surface area contributed by atoms with Crippen molar-refractivity contribution >= 4 is 17.6 Å². The van der Waals surface area contributed by atoms with E-state index in [-0.39, 0.29) is 11.6 Å². The summed E-state index contributed by atoms with van der Waals surface area (Å²) in [5.41, 5.74) is 1.20. The first-order valence-corrected chi connectivity index (χ1v) is 6.67. The highest BCUT2D eigenvalue weighted by Gasteiger charge is 2.15. The number of halogens is 1. The third-order valence-electron chi connectivity index (χ3n) is 3.15. The lowest BCUT2D eigenvalue weighted by Gasteiger charge is -2.14. The molecular formula is C15H16ClNO3. The summed E-state index contributed by atoms with van der Waals surface area (Å²) in [4.78, 5) is 10.9. The van der Waals surface area contributed by atoms with E-state index in [1.54, 1.807) is 13.0 Å². The Bertz CT molecular complexity index is 621. The summed E-state index contributed by atoms with van der Waals surface area (Å²) < 4.78 is 5.42. The maximum atomic E-state index is 10.9. The smallest absolute Gasteiger partial charge is 0.339 e. The second-order valence-corrected chi connectivity index (χ2v) is 5.02. The molecule has 4 nitrogen and oxygen atoms in total. The van der Waals surface area contributed by atoms with Gasteiger partial charge in [0, 0.05) is 11.1 Å². The molecule has 0 fully saturated rings. The van der Waals surface area contributed by atoms with Crippen LogP contribution in [0.3, 0.4) is 0 Å². The second kappa shape index (κ2) is 6.11. The van der Waals surface area contributed by atoms with Crippen molar-refractivity contribution in [3.05, 3.63) is 58.0 Å². The van der Waals surface area contributed by atoms with E-state index >= 15 is 0 Å². The van der Waals surface area contributed by atoms with Crippen LogP contribution >= 0.6 is 11.6 Å². The summed E-state index contributed by atoms with van der Waals surface area (Å²) in [7, 11) is 0. The van der Waals surface area contributed by atoms with Gasteiger partial charge in [-0.25, -0.2) is 4.79 Å². The molecule has 1 aromatic heterocycles. The van der Waals surface area contributed by atoms with Gasteiger partial charge < -0.3 is 14.8 Å². The monoisotopic (exact) mass is 293 g/mol. The van der Waals surface area contributed by atoms with E-state index in [1.807, 2.05) is 31.2 Å². The van der Waals surface area contributed by atoms with E-state index in [0.29, 0.717) is 23.1 Å². The van der Waals surface area contributed by atoms with Crippen LogP contribution in [-0.4, -0.2) is 11.1 Å². The lowest BCUT2D eigenvalue weighted by Crippen LogP contribution is -2.18. The van der Waals surface area contributed by atoms with Crippen LogP contribution in [0.15, 0.2) is 34.7 Å². The zero-order valence-corrected chi connectivity index (χ0v) is 12.1. The van der Waals surface area contributed by atoms with Crippen molar-refractivity contribution in [3.63, 3.8) is 0 Å². The quantitative estimate of drug-likeness (QED) is 0.880. The van der Waals surface area contributed by atoms with E-state index in [4.69, 9.17) is 21.1 Å². The lowest BCUT2D eigenvalue weighted by molar-refractivity contribution is 0.0695. The zero-order chi connectivity index (χ0) is 14.7. The number of rotatable bonds is 5. The molecule has 1 aromatic carbocycles. The molecule has 0 spiro atoms. The lowest BCUT2D eigenvalue weighted by atomic mass is 10.1. The highest BCUT2D eigenvalue weighted by Crippen LogP contribution is 2.23. The van der Waals surface area contributed by atoms with Crippen LogP contribution in [0.2, 0.25) is 5.02 Å². The Morgan fingerprint density at radius 1 is 1.45 bits per heavy atom. The van der Waals surface area contributed by atoms with Crippen molar-refractivity contribution < 1.29 is 14.3 Å². The number of carboxylic acid groups (broad SMARTS) is 1. The van der Waals surface area contributed by atoms with Gasteiger partial charge in [-0.15, -0.1) is 0 Å². The Morgan fingerprint density at radius 3 is 2.75 bits per heavy atom. The second-order valence-electron chi connectivity index (χ2n) is 4.61. The fourth-order valence-electron chi connectivity index (χ4n) is 2.03. The minimum Gasteiger partial charge on any atom is -0.478 e. The van der Waals surface area contributed by atoms with E-state index in [0.717, 1.165) is 5.56 Å². The van der Waals surface area contributed by atoms with Gasteiger partial charge in [-0.1, -0.05) is 29.8 Å². The summed E-state index contributed by atoms with van der Waals surface area (Å²) in [6.45, 7) is 4.08. The van der Waals surface area contributed by atoms with E-state index in [1.165, 1.54) is 0 Å². The molecule has 1 atom stereocenters. The molecule has 0 aliphatic heterocycles. The molecule has 2 N–H and O–H groups in total. The topological polar surface area (TPSA) is 62.5 Å². The molecule has 0 saturated heterocycles. The van der Waals surface area contributed by atoms with Gasteiger partial charge in [0.1, 0.15) is 17.1 Å². The minimum atomic E-state index is -0.975. The van der Waals surface area contributed by atoms with Crippen molar-refractivity contribution in [1.82, 2.24) is 5.32 Å². The van der Waals surface area contributed by atoms with Crippen LogP contribution in [0.5, 0.6) is 0 Å². The fraction of sp³-hybridized carbons (Fsp3) is 0.267. The third kappa shape index (κ3) is 3.21. The number of aromatic carboxylic acids is 1. The molecule has 0 saturated carbocycles. The predicted molar refractivity (Wildman–Crippen MR) is 77.1 cm³/mol. The molecule has 0 aliphatic carbocycles. The van der Waals surface area contributed by atoms with Crippen LogP contribution in [0, 0.1) is 6.92 Å². The van der Waals surface area contributed by atoms with Crippen LogP contribution in [-0.2, 0) is 6.54 Å². The van der Waals surface area contributed by atoms with Gasteiger partial charge in [0.2, 0.25) is 0 Å². The first-order chi connectivity index (χ1) is 9.49. The maximum Gasteiger partial charge on any atom is 0.339 e. The largest absolute Gasteiger partial charge is 0.478 e. The van der Waals surface area contributed by atoms with Crippen molar-refractivity contribution in [2.45, 2.75) is 26.4 Å². The number of carboxylic acids is 1. The summed E-state index contributed by atoms with van der Waals surface area (Å²) in [5.74, 6) is 0.0372. The van der Waals surface area contributed by atoms with Gasteiger partial charge in [-0.05, 0) is 31.5 Å². The van der Waals surface area contributed by atoms with Crippen LogP contribution in [0.4, 0.5) is 0 Å².